The number of hydrogen-bond acceptors (Lipinski definition) is 1. The van der Waals surface area contributed by atoms with E-state index in [1.165, 1.54) is 0 Å². The van der Waals surface area contributed by atoms with E-state index in [1.54, 1.807) is 0 Å². The Morgan fingerprint density at radius 2 is 2.15 bits per heavy atom. The van der Waals surface area contributed by atoms with Crippen molar-refractivity contribution in [2.75, 3.05) is 0 Å². The maximum Gasteiger partial charge on any atom is 0.0665 e. The summed E-state index contributed by atoms with van der Waals surface area (Å²) in [5.41, 5.74) is 6.49. The van der Waals surface area contributed by atoms with Gasteiger partial charge in [0, 0.05) is 5.56 Å². The Balaban J connectivity index is 2.83. The highest BCUT2D eigenvalue weighted by Crippen LogP contribution is 2.12. The van der Waals surface area contributed by atoms with Crippen LogP contribution in [0.1, 0.15) is 18.9 Å². The van der Waals surface area contributed by atoms with Crippen molar-refractivity contribution in [3.8, 4) is 11.8 Å². The fourth-order valence-electron chi connectivity index (χ4n) is 0.835. The molecule has 1 unspecified atom stereocenters. The first-order valence-corrected chi connectivity index (χ1v) is 4.63. The molecule has 0 radical (unpaired) electrons. The van der Waals surface area contributed by atoms with Gasteiger partial charge in [0.1, 0.15) is 0 Å². The Bertz CT molecular complexity index is 335. The van der Waals surface area contributed by atoms with E-state index < -0.39 is 0 Å². The lowest BCUT2D eigenvalue weighted by Gasteiger charge is -1.96. The molecule has 68 valence electrons. The van der Waals surface area contributed by atoms with Crippen LogP contribution >= 0.6 is 11.6 Å². The molecule has 0 aliphatic carbocycles. The predicted octanol–water partition coefficient (Wildman–Crippen LogP) is 2.43. The Morgan fingerprint density at radius 3 is 2.77 bits per heavy atom. The Hall–Kier alpha value is -0.970. The van der Waals surface area contributed by atoms with Gasteiger partial charge in [-0.05, 0) is 18.6 Å². The summed E-state index contributed by atoms with van der Waals surface area (Å²) in [7, 11) is 0. The molecule has 0 bridgehead atoms. The Morgan fingerprint density at radius 1 is 1.46 bits per heavy atom. The molecular formula is C11H12ClN. The van der Waals surface area contributed by atoms with Crippen molar-refractivity contribution < 1.29 is 0 Å². The zero-order valence-corrected chi connectivity index (χ0v) is 8.31. The molecule has 1 aromatic rings. The van der Waals surface area contributed by atoms with Gasteiger partial charge in [0.15, 0.2) is 0 Å². The van der Waals surface area contributed by atoms with Gasteiger partial charge in [0.25, 0.3) is 0 Å². The van der Waals surface area contributed by atoms with Crippen LogP contribution in [-0.2, 0) is 0 Å². The molecule has 0 aliphatic heterocycles. The van der Waals surface area contributed by atoms with E-state index in [1.807, 2.05) is 31.2 Å². The van der Waals surface area contributed by atoms with Gasteiger partial charge < -0.3 is 5.73 Å². The quantitative estimate of drug-likeness (QED) is 0.682. The van der Waals surface area contributed by atoms with Crippen LogP contribution in [0, 0.1) is 11.8 Å². The van der Waals surface area contributed by atoms with E-state index in [0.29, 0.717) is 5.02 Å². The van der Waals surface area contributed by atoms with Gasteiger partial charge in [-0.15, -0.1) is 0 Å². The van der Waals surface area contributed by atoms with Gasteiger partial charge in [-0.1, -0.05) is 42.5 Å². The Labute approximate surface area is 83.9 Å². The molecule has 0 spiro atoms. The van der Waals surface area contributed by atoms with E-state index in [2.05, 4.69) is 11.8 Å². The molecule has 0 saturated carbocycles. The van der Waals surface area contributed by atoms with Gasteiger partial charge in [0.2, 0.25) is 0 Å². The van der Waals surface area contributed by atoms with Crippen molar-refractivity contribution >= 4 is 11.6 Å². The summed E-state index contributed by atoms with van der Waals surface area (Å²) in [6, 6.07) is 7.44. The third-order valence-electron chi connectivity index (χ3n) is 1.71. The van der Waals surface area contributed by atoms with Crippen LogP contribution < -0.4 is 5.73 Å². The second-order valence-electron chi connectivity index (χ2n) is 2.76. The lowest BCUT2D eigenvalue weighted by molar-refractivity contribution is 0.806. The fourth-order valence-corrected chi connectivity index (χ4v) is 1.02. The molecule has 2 N–H and O–H groups in total. The summed E-state index contributed by atoms with van der Waals surface area (Å²) in [5, 5.41) is 0.679. The van der Waals surface area contributed by atoms with Crippen LogP contribution in [0.4, 0.5) is 0 Å². The second kappa shape index (κ2) is 4.91. The summed E-state index contributed by atoms with van der Waals surface area (Å²) < 4.78 is 0. The van der Waals surface area contributed by atoms with E-state index in [-0.39, 0.29) is 6.04 Å². The molecule has 1 nitrogen and oxygen atoms in total. The monoisotopic (exact) mass is 193 g/mol. The number of hydrogen-bond donors (Lipinski definition) is 1. The smallest absolute Gasteiger partial charge is 0.0665 e. The van der Waals surface area contributed by atoms with Gasteiger partial charge in [-0.25, -0.2) is 0 Å². The molecule has 13 heavy (non-hydrogen) atoms. The minimum Gasteiger partial charge on any atom is -0.318 e. The highest BCUT2D eigenvalue weighted by atomic mass is 35.5. The summed E-state index contributed by atoms with van der Waals surface area (Å²) in [4.78, 5) is 0. The standard InChI is InChI=1S/C11H12ClN/c1-2-10(13)8-7-9-5-3-4-6-11(9)12/h3-6,10H,2,13H2,1H3. The normalized spacial score (nSPS) is 11.6. The zero-order valence-electron chi connectivity index (χ0n) is 7.55. The van der Waals surface area contributed by atoms with Crippen molar-refractivity contribution in [1.82, 2.24) is 0 Å². The molecule has 0 heterocycles. The van der Waals surface area contributed by atoms with Gasteiger partial charge in [0.05, 0.1) is 11.1 Å². The third-order valence-corrected chi connectivity index (χ3v) is 2.04. The fraction of sp³-hybridized carbons (Fsp3) is 0.273. The topological polar surface area (TPSA) is 26.0 Å². The molecule has 1 aromatic carbocycles. The van der Waals surface area contributed by atoms with E-state index in [0.717, 1.165) is 12.0 Å². The average molecular weight is 194 g/mol. The minimum atomic E-state index is -0.0590. The second-order valence-corrected chi connectivity index (χ2v) is 3.17. The van der Waals surface area contributed by atoms with Crippen LogP contribution in [0.3, 0.4) is 0 Å². The molecule has 0 aliphatic rings. The third kappa shape index (κ3) is 3.10. The maximum atomic E-state index is 5.91. The number of rotatable bonds is 1. The molecule has 1 rings (SSSR count). The van der Waals surface area contributed by atoms with E-state index in [9.17, 15) is 0 Å². The van der Waals surface area contributed by atoms with Gasteiger partial charge in [-0.2, -0.15) is 0 Å². The van der Waals surface area contributed by atoms with E-state index >= 15 is 0 Å². The lowest BCUT2D eigenvalue weighted by Crippen LogP contribution is -2.15. The molecule has 0 fully saturated rings. The largest absolute Gasteiger partial charge is 0.318 e. The zero-order chi connectivity index (χ0) is 9.68. The van der Waals surface area contributed by atoms with Crippen LogP contribution in [0.15, 0.2) is 24.3 Å². The van der Waals surface area contributed by atoms with Crippen LogP contribution in [0.5, 0.6) is 0 Å². The summed E-state index contributed by atoms with van der Waals surface area (Å²) in [6.07, 6.45) is 0.859. The van der Waals surface area contributed by atoms with Crippen molar-refractivity contribution in [3.63, 3.8) is 0 Å². The number of halogens is 1. The summed E-state index contributed by atoms with van der Waals surface area (Å²) >= 11 is 5.91. The molecular weight excluding hydrogens is 182 g/mol. The predicted molar refractivity (Wildman–Crippen MR) is 56.6 cm³/mol. The summed E-state index contributed by atoms with van der Waals surface area (Å²) in [5.74, 6) is 5.89. The van der Waals surface area contributed by atoms with Crippen LogP contribution in [-0.4, -0.2) is 6.04 Å². The Kier molecular flexibility index (Phi) is 3.82. The van der Waals surface area contributed by atoms with Crippen molar-refractivity contribution in [3.05, 3.63) is 34.9 Å². The van der Waals surface area contributed by atoms with Crippen molar-refractivity contribution in [2.24, 2.45) is 5.73 Å². The number of nitrogens with two attached hydrogens (primary N) is 1. The van der Waals surface area contributed by atoms with E-state index in [4.69, 9.17) is 17.3 Å². The maximum absolute atomic E-state index is 5.91. The lowest BCUT2D eigenvalue weighted by atomic mass is 10.2. The van der Waals surface area contributed by atoms with Crippen molar-refractivity contribution in [1.29, 1.82) is 0 Å². The average Bonchev–Trinajstić information content (AvgIpc) is 2.16. The van der Waals surface area contributed by atoms with Crippen molar-refractivity contribution in [2.45, 2.75) is 19.4 Å². The molecule has 0 aromatic heterocycles. The first kappa shape index (κ1) is 10.1. The molecule has 1 atom stereocenters. The highest BCUT2D eigenvalue weighted by Gasteiger charge is 1.94. The van der Waals surface area contributed by atoms with Gasteiger partial charge >= 0.3 is 0 Å². The first-order chi connectivity index (χ1) is 6.24. The van der Waals surface area contributed by atoms with Gasteiger partial charge in [-0.3, -0.25) is 0 Å². The first-order valence-electron chi connectivity index (χ1n) is 4.25. The highest BCUT2D eigenvalue weighted by molar-refractivity contribution is 6.31. The van der Waals surface area contributed by atoms with Crippen LogP contribution in [0.2, 0.25) is 5.02 Å². The molecule has 2 heteroatoms. The SMILES string of the molecule is CCC(N)C#Cc1ccccc1Cl. The van der Waals surface area contributed by atoms with Crippen LogP contribution in [0.25, 0.3) is 0 Å². The molecule has 0 amide bonds. The minimum absolute atomic E-state index is 0.0590. The molecule has 0 saturated heterocycles. The number of benzene rings is 1. The summed E-state index contributed by atoms with van der Waals surface area (Å²) in [6.45, 7) is 2.01.